The normalized spacial score (nSPS) is 11.1. The molecule has 0 amide bonds. The number of aromatic nitrogens is 4. The summed E-state index contributed by atoms with van der Waals surface area (Å²) in [7, 11) is 3.78. The van der Waals surface area contributed by atoms with Gasteiger partial charge in [-0.1, -0.05) is 13.3 Å². The highest BCUT2D eigenvalue weighted by molar-refractivity contribution is 5.46. The zero-order valence-corrected chi connectivity index (χ0v) is 11.8. The fraction of sp³-hybridized carbons (Fsp3) is 0.615. The second-order valence-electron chi connectivity index (χ2n) is 4.60. The third kappa shape index (κ3) is 3.20. The number of methoxy groups -OCH3 is 1. The van der Waals surface area contributed by atoms with E-state index in [9.17, 15) is 0 Å². The number of nitrogens with zero attached hydrogens (tertiary/aromatic N) is 5. The van der Waals surface area contributed by atoms with Crippen LogP contribution < -0.4 is 4.90 Å². The second-order valence-corrected chi connectivity index (χ2v) is 4.60. The summed E-state index contributed by atoms with van der Waals surface area (Å²) in [4.78, 5) is 10.9. The van der Waals surface area contributed by atoms with E-state index in [1.165, 1.54) is 0 Å². The van der Waals surface area contributed by atoms with Gasteiger partial charge in [-0.25, -0.2) is 4.98 Å². The van der Waals surface area contributed by atoms with Gasteiger partial charge in [-0.15, -0.1) is 0 Å². The minimum atomic E-state index is 0.666. The van der Waals surface area contributed by atoms with Crippen molar-refractivity contribution in [2.45, 2.75) is 26.2 Å². The van der Waals surface area contributed by atoms with Crippen molar-refractivity contribution in [3.63, 3.8) is 0 Å². The van der Waals surface area contributed by atoms with E-state index >= 15 is 0 Å². The van der Waals surface area contributed by atoms with E-state index < -0.39 is 0 Å². The maximum Gasteiger partial charge on any atom is 0.254 e. The summed E-state index contributed by atoms with van der Waals surface area (Å²) in [6, 6.07) is 2.10. The lowest BCUT2D eigenvalue weighted by Crippen LogP contribution is -2.23. The number of aryl methyl sites for hydroxylation is 1. The summed E-state index contributed by atoms with van der Waals surface area (Å²) in [5.74, 6) is 1.70. The number of hydrogen-bond donors (Lipinski definition) is 0. The Labute approximate surface area is 113 Å². The molecule has 0 radical (unpaired) electrons. The first-order chi connectivity index (χ1) is 9.26. The summed E-state index contributed by atoms with van der Waals surface area (Å²) in [6.07, 6.45) is 4.56. The third-order valence-corrected chi connectivity index (χ3v) is 3.03. The van der Waals surface area contributed by atoms with E-state index in [4.69, 9.17) is 4.74 Å². The van der Waals surface area contributed by atoms with Crippen molar-refractivity contribution in [1.82, 2.24) is 19.6 Å². The molecular weight excluding hydrogens is 242 g/mol. The van der Waals surface area contributed by atoms with Crippen LogP contribution in [0.5, 0.6) is 0 Å². The zero-order valence-electron chi connectivity index (χ0n) is 11.8. The first-order valence-corrected chi connectivity index (χ1v) is 6.66. The average Bonchev–Trinajstić information content (AvgIpc) is 2.86. The largest absolute Gasteiger partial charge is 0.385 e. The predicted molar refractivity (Wildman–Crippen MR) is 74.5 cm³/mol. The highest BCUT2D eigenvalue weighted by Gasteiger charge is 2.10. The van der Waals surface area contributed by atoms with Gasteiger partial charge >= 0.3 is 0 Å². The van der Waals surface area contributed by atoms with Gasteiger partial charge in [-0.2, -0.15) is 14.6 Å². The third-order valence-electron chi connectivity index (χ3n) is 3.03. The average molecular weight is 263 g/mol. The molecule has 0 fully saturated rings. The summed E-state index contributed by atoms with van der Waals surface area (Å²) in [5, 5.41) is 4.24. The first kappa shape index (κ1) is 13.7. The Kier molecular flexibility index (Phi) is 4.68. The molecule has 0 aromatic carbocycles. The van der Waals surface area contributed by atoms with Crippen molar-refractivity contribution in [3.05, 3.63) is 18.1 Å². The first-order valence-electron chi connectivity index (χ1n) is 6.66. The lowest BCUT2D eigenvalue weighted by molar-refractivity contribution is 0.196. The minimum Gasteiger partial charge on any atom is -0.385 e. The molecule has 0 saturated carbocycles. The van der Waals surface area contributed by atoms with E-state index in [-0.39, 0.29) is 0 Å². The minimum absolute atomic E-state index is 0.666. The molecule has 2 heterocycles. The molecule has 2 aromatic rings. The van der Waals surface area contributed by atoms with Gasteiger partial charge in [0, 0.05) is 39.1 Å². The van der Waals surface area contributed by atoms with E-state index in [2.05, 4.69) is 40.0 Å². The van der Waals surface area contributed by atoms with Crippen molar-refractivity contribution in [1.29, 1.82) is 0 Å². The highest BCUT2D eigenvalue weighted by Crippen LogP contribution is 2.16. The maximum absolute atomic E-state index is 5.09. The molecule has 0 atom stereocenters. The maximum atomic E-state index is 5.09. The summed E-state index contributed by atoms with van der Waals surface area (Å²) in [5.41, 5.74) is 1.07. The van der Waals surface area contributed by atoms with Crippen molar-refractivity contribution in [3.8, 4) is 0 Å². The summed E-state index contributed by atoms with van der Waals surface area (Å²) < 4.78 is 6.87. The van der Waals surface area contributed by atoms with Crippen molar-refractivity contribution in [2.75, 3.05) is 32.2 Å². The topological polar surface area (TPSA) is 55.6 Å². The second kappa shape index (κ2) is 6.47. The van der Waals surface area contributed by atoms with Gasteiger partial charge in [0.1, 0.15) is 12.1 Å². The molecule has 2 aromatic heterocycles. The van der Waals surface area contributed by atoms with E-state index in [1.807, 2.05) is 0 Å². The molecular formula is C13H21N5O. The van der Waals surface area contributed by atoms with Crippen LogP contribution in [0, 0.1) is 0 Å². The molecule has 0 N–H and O–H groups in total. The Balaban J connectivity index is 2.26. The van der Waals surface area contributed by atoms with Crippen LogP contribution in [0.1, 0.15) is 25.5 Å². The molecule has 6 heteroatoms. The van der Waals surface area contributed by atoms with Crippen LogP contribution in [0.3, 0.4) is 0 Å². The molecule has 19 heavy (non-hydrogen) atoms. The molecule has 0 saturated heterocycles. The lowest BCUT2D eigenvalue weighted by atomic mass is 10.2. The Morgan fingerprint density at radius 1 is 1.42 bits per heavy atom. The quantitative estimate of drug-likeness (QED) is 0.709. The standard InChI is InChI=1S/C13H21N5O/c1-4-6-11-9-12(17(2)7-5-8-19-3)18-13(16-11)14-10-15-18/h9-10H,4-8H2,1-3H3. The van der Waals surface area contributed by atoms with Gasteiger partial charge in [0.15, 0.2) is 0 Å². The lowest BCUT2D eigenvalue weighted by Gasteiger charge is -2.20. The van der Waals surface area contributed by atoms with Crippen LogP contribution in [0.25, 0.3) is 5.78 Å². The molecule has 104 valence electrons. The number of anilines is 1. The Morgan fingerprint density at radius 3 is 3.00 bits per heavy atom. The molecule has 0 spiro atoms. The van der Waals surface area contributed by atoms with E-state index in [0.717, 1.165) is 43.9 Å². The van der Waals surface area contributed by atoms with E-state index in [0.29, 0.717) is 5.78 Å². The molecule has 6 nitrogen and oxygen atoms in total. The van der Waals surface area contributed by atoms with Gasteiger partial charge in [0.2, 0.25) is 0 Å². The van der Waals surface area contributed by atoms with Gasteiger partial charge in [-0.05, 0) is 12.8 Å². The molecule has 0 unspecified atom stereocenters. The van der Waals surface area contributed by atoms with Crippen LogP contribution in [-0.4, -0.2) is 46.9 Å². The summed E-state index contributed by atoms with van der Waals surface area (Å²) in [6.45, 7) is 3.83. The van der Waals surface area contributed by atoms with Gasteiger partial charge < -0.3 is 9.64 Å². The zero-order chi connectivity index (χ0) is 13.7. The molecule has 0 aliphatic carbocycles. The summed E-state index contributed by atoms with van der Waals surface area (Å²) >= 11 is 0. The van der Waals surface area contributed by atoms with Crippen LogP contribution in [0.15, 0.2) is 12.4 Å². The number of ether oxygens (including phenoxy) is 1. The van der Waals surface area contributed by atoms with Crippen molar-refractivity contribution in [2.24, 2.45) is 0 Å². The van der Waals surface area contributed by atoms with Crippen LogP contribution in [0.4, 0.5) is 5.82 Å². The molecule has 0 aliphatic rings. The molecule has 0 aliphatic heterocycles. The monoisotopic (exact) mass is 263 g/mol. The smallest absolute Gasteiger partial charge is 0.254 e. The molecule has 2 rings (SSSR count). The van der Waals surface area contributed by atoms with Gasteiger partial charge in [0.05, 0.1) is 0 Å². The SMILES string of the molecule is CCCc1cc(N(C)CCCOC)n2ncnc2n1. The Hall–Kier alpha value is -1.69. The Bertz CT molecular complexity index is 525. The number of hydrogen-bond acceptors (Lipinski definition) is 5. The van der Waals surface area contributed by atoms with Crippen LogP contribution >= 0.6 is 0 Å². The van der Waals surface area contributed by atoms with E-state index in [1.54, 1.807) is 18.0 Å². The predicted octanol–water partition coefficient (Wildman–Crippen LogP) is 1.55. The fourth-order valence-corrected chi connectivity index (χ4v) is 2.06. The number of rotatable bonds is 7. The van der Waals surface area contributed by atoms with Crippen molar-refractivity contribution < 1.29 is 4.74 Å². The van der Waals surface area contributed by atoms with Crippen LogP contribution in [0.2, 0.25) is 0 Å². The molecule has 0 bridgehead atoms. The van der Waals surface area contributed by atoms with Crippen molar-refractivity contribution >= 4 is 11.6 Å². The Morgan fingerprint density at radius 2 is 2.26 bits per heavy atom. The van der Waals surface area contributed by atoms with Gasteiger partial charge in [0.25, 0.3) is 5.78 Å². The van der Waals surface area contributed by atoms with Gasteiger partial charge in [-0.3, -0.25) is 0 Å². The highest BCUT2D eigenvalue weighted by atomic mass is 16.5. The van der Waals surface area contributed by atoms with Crippen LogP contribution in [-0.2, 0) is 11.2 Å². The number of fused-ring (bicyclic) bond motifs is 1. The fourth-order valence-electron chi connectivity index (χ4n) is 2.06.